The van der Waals surface area contributed by atoms with Crippen LogP contribution in [-0.2, 0) is 5.41 Å². The Kier molecular flexibility index (Phi) is 6.75. The van der Waals surface area contributed by atoms with Crippen molar-refractivity contribution in [3.05, 3.63) is 203 Å². The second kappa shape index (κ2) is 11.8. The van der Waals surface area contributed by atoms with Crippen LogP contribution in [0.5, 0.6) is 0 Å². The summed E-state index contributed by atoms with van der Waals surface area (Å²) in [6.45, 7) is 4.69. The van der Waals surface area contributed by atoms with Gasteiger partial charge < -0.3 is 4.57 Å². The molecule has 55 heavy (non-hydrogen) atoms. The fraction of sp³-hybridized carbons (Fsp3) is 0.0577. The second-order valence-corrected chi connectivity index (χ2v) is 15.3. The quantitative estimate of drug-likeness (QED) is 0.168. The molecule has 2 heterocycles. The number of aromatic nitrogens is 2. The minimum absolute atomic E-state index is 0.0166. The Bertz CT molecular complexity index is 3180. The van der Waals surface area contributed by atoms with Crippen LogP contribution in [0.25, 0.3) is 88.2 Å². The lowest BCUT2D eigenvalue weighted by Crippen LogP contribution is -2.19. The molecule has 11 rings (SSSR count). The molecule has 0 radical (unpaired) electrons. The number of fused-ring (bicyclic) bond motifs is 9. The van der Waals surface area contributed by atoms with Crippen molar-refractivity contribution in [1.82, 2.24) is 9.13 Å². The van der Waals surface area contributed by atoms with E-state index in [9.17, 15) is 4.79 Å². The molecule has 3 nitrogen and oxygen atoms in total. The normalized spacial score (nSPS) is 13.1. The summed E-state index contributed by atoms with van der Waals surface area (Å²) < 4.78 is 4.34. The van der Waals surface area contributed by atoms with Crippen LogP contribution in [-0.4, -0.2) is 9.13 Å². The number of hydrogen-bond acceptors (Lipinski definition) is 1. The van der Waals surface area contributed by atoms with Gasteiger partial charge in [-0.1, -0.05) is 135 Å². The lowest BCUT2D eigenvalue weighted by molar-refractivity contribution is 0.661. The van der Waals surface area contributed by atoms with Crippen LogP contribution in [0.4, 0.5) is 0 Å². The minimum atomic E-state index is -0.162. The van der Waals surface area contributed by atoms with Crippen molar-refractivity contribution in [1.29, 1.82) is 0 Å². The summed E-state index contributed by atoms with van der Waals surface area (Å²) >= 11 is 0. The van der Waals surface area contributed by atoms with Crippen LogP contribution in [0.1, 0.15) is 25.0 Å². The SMILES string of the molecule is CC1(C)c2ccccc2-c2cc3c4cc(-n5c(=O)c6ccccc6c6ccccc65)ccc4n(-c4cc(-c5ccccc5)cc(-c5ccccc5)c4)c3cc21. The van der Waals surface area contributed by atoms with Crippen LogP contribution in [0, 0.1) is 0 Å². The van der Waals surface area contributed by atoms with Gasteiger partial charge in [-0.25, -0.2) is 0 Å². The van der Waals surface area contributed by atoms with Crippen molar-refractivity contribution in [2.75, 3.05) is 0 Å². The molecular weight excluding hydrogens is 669 g/mol. The molecule has 0 atom stereocenters. The van der Waals surface area contributed by atoms with Gasteiger partial charge in [0.1, 0.15) is 0 Å². The van der Waals surface area contributed by atoms with Crippen LogP contribution >= 0.6 is 0 Å². The van der Waals surface area contributed by atoms with Crippen LogP contribution in [0.15, 0.2) is 187 Å². The van der Waals surface area contributed by atoms with E-state index in [4.69, 9.17) is 0 Å². The maximum Gasteiger partial charge on any atom is 0.263 e. The van der Waals surface area contributed by atoms with Gasteiger partial charge in [-0.05, 0) is 111 Å². The van der Waals surface area contributed by atoms with Crippen molar-refractivity contribution in [3.8, 4) is 44.8 Å². The maximum absolute atomic E-state index is 14.4. The molecule has 1 aliphatic rings. The van der Waals surface area contributed by atoms with Crippen LogP contribution in [0.3, 0.4) is 0 Å². The zero-order chi connectivity index (χ0) is 36.8. The van der Waals surface area contributed by atoms with Gasteiger partial charge in [0.15, 0.2) is 0 Å². The number of hydrogen-bond donors (Lipinski definition) is 0. The fourth-order valence-electron chi connectivity index (χ4n) is 9.24. The van der Waals surface area contributed by atoms with Gasteiger partial charge in [-0.15, -0.1) is 0 Å². The van der Waals surface area contributed by atoms with Crippen LogP contribution < -0.4 is 5.56 Å². The fourth-order valence-corrected chi connectivity index (χ4v) is 9.24. The number of nitrogens with zero attached hydrogens (tertiary/aromatic N) is 2. The van der Waals surface area contributed by atoms with Crippen molar-refractivity contribution >= 4 is 43.5 Å². The highest BCUT2D eigenvalue weighted by molar-refractivity contribution is 6.13. The van der Waals surface area contributed by atoms with Gasteiger partial charge in [-0.2, -0.15) is 0 Å². The molecule has 0 N–H and O–H groups in total. The van der Waals surface area contributed by atoms with E-state index < -0.39 is 0 Å². The molecule has 260 valence electrons. The zero-order valence-corrected chi connectivity index (χ0v) is 30.6. The van der Waals surface area contributed by atoms with Crippen molar-refractivity contribution in [2.45, 2.75) is 19.3 Å². The van der Waals surface area contributed by atoms with E-state index in [0.717, 1.165) is 60.6 Å². The third-order valence-electron chi connectivity index (χ3n) is 11.9. The molecule has 0 amide bonds. The standard InChI is InChI=1S/C52H36N2O/c1-52(2)46-23-13-11-20-40(46)43-31-45-44-30-37(54-48-24-14-12-21-41(48)39-19-9-10-22-42(39)51(54)55)25-26-49(44)53(50(45)32-47(43)52)38-28-35(33-15-5-3-6-16-33)27-36(29-38)34-17-7-4-8-18-34/h3-32H,1-2H3. The van der Waals surface area contributed by atoms with Gasteiger partial charge in [0.2, 0.25) is 0 Å². The first kappa shape index (κ1) is 31.5. The molecule has 0 spiro atoms. The minimum Gasteiger partial charge on any atom is -0.309 e. The Morgan fingerprint density at radius 3 is 1.67 bits per heavy atom. The molecular formula is C52H36N2O. The third-order valence-corrected chi connectivity index (χ3v) is 11.9. The average molecular weight is 705 g/mol. The Morgan fingerprint density at radius 1 is 0.364 bits per heavy atom. The molecule has 0 aliphatic heterocycles. The molecule has 0 unspecified atom stereocenters. The predicted molar refractivity (Wildman–Crippen MR) is 230 cm³/mol. The highest BCUT2D eigenvalue weighted by atomic mass is 16.1. The molecule has 0 saturated carbocycles. The molecule has 2 aromatic heterocycles. The van der Waals surface area contributed by atoms with Crippen molar-refractivity contribution < 1.29 is 0 Å². The first-order valence-corrected chi connectivity index (χ1v) is 19.0. The number of pyridine rings is 1. The van der Waals surface area contributed by atoms with E-state index >= 15 is 0 Å². The summed E-state index contributed by atoms with van der Waals surface area (Å²) in [7, 11) is 0. The second-order valence-electron chi connectivity index (χ2n) is 15.3. The van der Waals surface area contributed by atoms with Gasteiger partial charge in [0.05, 0.1) is 22.2 Å². The summed E-state index contributed by atoms with van der Waals surface area (Å²) in [6, 6.07) is 64.7. The van der Waals surface area contributed by atoms with Crippen molar-refractivity contribution in [2.24, 2.45) is 0 Å². The van der Waals surface area contributed by atoms with E-state index in [-0.39, 0.29) is 11.0 Å². The predicted octanol–water partition coefficient (Wildman–Crippen LogP) is 12.9. The van der Waals surface area contributed by atoms with Gasteiger partial charge in [0, 0.05) is 32.6 Å². The summed E-state index contributed by atoms with van der Waals surface area (Å²) in [5.41, 5.74) is 14.8. The molecule has 10 aromatic rings. The Morgan fingerprint density at radius 2 is 0.945 bits per heavy atom. The molecule has 0 bridgehead atoms. The van der Waals surface area contributed by atoms with Gasteiger partial charge in [0.25, 0.3) is 5.56 Å². The summed E-state index contributed by atoms with van der Waals surface area (Å²) in [5, 5.41) is 5.01. The van der Waals surface area contributed by atoms with Crippen molar-refractivity contribution in [3.63, 3.8) is 0 Å². The highest BCUT2D eigenvalue weighted by Gasteiger charge is 2.36. The maximum atomic E-state index is 14.4. The summed E-state index contributed by atoms with van der Waals surface area (Å²) in [6.07, 6.45) is 0. The summed E-state index contributed by atoms with van der Waals surface area (Å²) in [5.74, 6) is 0. The first-order chi connectivity index (χ1) is 27.0. The van der Waals surface area contributed by atoms with E-state index in [1.807, 2.05) is 41.0 Å². The number of benzene rings is 8. The smallest absolute Gasteiger partial charge is 0.263 e. The lowest BCUT2D eigenvalue weighted by Gasteiger charge is -2.22. The monoisotopic (exact) mass is 704 g/mol. The Balaban J connectivity index is 1.25. The third kappa shape index (κ3) is 4.66. The molecule has 0 fully saturated rings. The van der Waals surface area contributed by atoms with E-state index in [0.29, 0.717) is 5.39 Å². The average Bonchev–Trinajstić information content (AvgIpc) is 3.68. The Labute approximate surface area is 319 Å². The van der Waals surface area contributed by atoms with Crippen LogP contribution in [0.2, 0.25) is 0 Å². The molecule has 8 aromatic carbocycles. The van der Waals surface area contributed by atoms with E-state index in [1.165, 1.54) is 33.4 Å². The van der Waals surface area contributed by atoms with E-state index in [2.05, 4.69) is 164 Å². The molecule has 0 saturated heterocycles. The largest absolute Gasteiger partial charge is 0.309 e. The topological polar surface area (TPSA) is 26.9 Å². The summed E-state index contributed by atoms with van der Waals surface area (Å²) in [4.78, 5) is 14.4. The highest BCUT2D eigenvalue weighted by Crippen LogP contribution is 2.51. The number of para-hydroxylation sites is 1. The molecule has 3 heteroatoms. The van der Waals surface area contributed by atoms with E-state index in [1.54, 1.807) is 0 Å². The molecule has 1 aliphatic carbocycles. The zero-order valence-electron chi connectivity index (χ0n) is 30.6. The lowest BCUT2D eigenvalue weighted by atomic mass is 9.82. The number of rotatable bonds is 4. The van der Waals surface area contributed by atoms with Gasteiger partial charge in [-0.3, -0.25) is 9.36 Å². The Hall–Kier alpha value is -6.97. The first-order valence-electron chi connectivity index (χ1n) is 19.0. The van der Waals surface area contributed by atoms with Gasteiger partial charge >= 0.3 is 0 Å².